The fourth-order valence-corrected chi connectivity index (χ4v) is 1.70. The van der Waals surface area contributed by atoms with Gasteiger partial charge in [-0.3, -0.25) is 0 Å². The molecule has 82 valence electrons. The Balaban J connectivity index is 2.74. The van der Waals surface area contributed by atoms with Gasteiger partial charge in [-0.1, -0.05) is 51.5 Å². The summed E-state index contributed by atoms with van der Waals surface area (Å²) < 4.78 is 0. The highest BCUT2D eigenvalue weighted by Gasteiger charge is 2.12. The summed E-state index contributed by atoms with van der Waals surface area (Å²) in [4.78, 5) is 10.7. The lowest BCUT2D eigenvalue weighted by atomic mass is 9.89. The number of aldehydes is 1. The number of benzene rings is 1. The molecule has 0 aromatic heterocycles. The van der Waals surface area contributed by atoms with Crippen molar-refractivity contribution < 1.29 is 4.79 Å². The Morgan fingerprint density at radius 3 is 2.27 bits per heavy atom. The van der Waals surface area contributed by atoms with E-state index in [4.69, 9.17) is 0 Å². The van der Waals surface area contributed by atoms with E-state index in [0.29, 0.717) is 5.92 Å². The zero-order chi connectivity index (χ0) is 11.3. The molecule has 0 fully saturated rings. The van der Waals surface area contributed by atoms with Crippen LogP contribution in [0.2, 0.25) is 0 Å². The molecule has 1 aromatic rings. The Morgan fingerprint density at radius 2 is 1.80 bits per heavy atom. The molecular weight excluding hydrogens is 184 g/mol. The van der Waals surface area contributed by atoms with Crippen LogP contribution in [-0.4, -0.2) is 6.29 Å². The maximum absolute atomic E-state index is 10.7. The van der Waals surface area contributed by atoms with Crippen molar-refractivity contribution in [3.63, 3.8) is 0 Å². The topological polar surface area (TPSA) is 17.1 Å². The first kappa shape index (κ1) is 12.0. The Labute approximate surface area is 92.5 Å². The van der Waals surface area contributed by atoms with Gasteiger partial charge in [-0.2, -0.15) is 0 Å². The second kappa shape index (κ2) is 5.69. The second-order valence-electron chi connectivity index (χ2n) is 4.28. The lowest BCUT2D eigenvalue weighted by molar-refractivity contribution is -0.111. The van der Waals surface area contributed by atoms with Gasteiger partial charge in [0.1, 0.15) is 6.29 Å². The van der Waals surface area contributed by atoms with Gasteiger partial charge in [-0.15, -0.1) is 0 Å². The average Bonchev–Trinajstić information content (AvgIpc) is 2.28. The van der Waals surface area contributed by atoms with Crippen LogP contribution in [0.1, 0.15) is 44.2 Å². The predicted octanol–water partition coefficient (Wildman–Crippen LogP) is 3.58. The minimum atomic E-state index is 0.0991. The monoisotopic (exact) mass is 204 g/mol. The SMILES string of the molecule is CCCc1ccc(C(C)C(C)C=O)cc1. The van der Waals surface area contributed by atoms with Gasteiger partial charge in [-0.25, -0.2) is 0 Å². The molecule has 1 heteroatoms. The van der Waals surface area contributed by atoms with Crippen molar-refractivity contribution in [1.29, 1.82) is 0 Å². The molecule has 0 heterocycles. The van der Waals surface area contributed by atoms with Crippen molar-refractivity contribution >= 4 is 6.29 Å². The van der Waals surface area contributed by atoms with Crippen molar-refractivity contribution in [2.24, 2.45) is 5.92 Å². The van der Waals surface area contributed by atoms with E-state index < -0.39 is 0 Å². The van der Waals surface area contributed by atoms with Crippen LogP contribution < -0.4 is 0 Å². The molecule has 1 rings (SSSR count). The van der Waals surface area contributed by atoms with E-state index in [-0.39, 0.29) is 5.92 Å². The fourth-order valence-electron chi connectivity index (χ4n) is 1.70. The maximum atomic E-state index is 10.7. The van der Waals surface area contributed by atoms with Crippen molar-refractivity contribution in [1.82, 2.24) is 0 Å². The number of hydrogen-bond donors (Lipinski definition) is 0. The van der Waals surface area contributed by atoms with Crippen LogP contribution in [0, 0.1) is 5.92 Å². The molecule has 0 bridgehead atoms. The molecule has 0 amide bonds. The number of carbonyl (C=O) groups excluding carboxylic acids is 1. The first-order valence-electron chi connectivity index (χ1n) is 5.73. The third-order valence-corrected chi connectivity index (χ3v) is 3.05. The standard InChI is InChI=1S/C14H20O/c1-4-5-13-6-8-14(9-7-13)12(3)11(2)10-15/h6-12H,4-5H2,1-3H3. The van der Waals surface area contributed by atoms with E-state index in [0.717, 1.165) is 12.7 Å². The highest BCUT2D eigenvalue weighted by Crippen LogP contribution is 2.23. The minimum absolute atomic E-state index is 0.0991. The molecule has 0 radical (unpaired) electrons. The van der Waals surface area contributed by atoms with E-state index in [1.165, 1.54) is 17.5 Å². The summed E-state index contributed by atoms with van der Waals surface area (Å²) in [7, 11) is 0. The first-order valence-corrected chi connectivity index (χ1v) is 5.73. The number of rotatable bonds is 5. The van der Waals surface area contributed by atoms with Crippen molar-refractivity contribution in [3.8, 4) is 0 Å². The van der Waals surface area contributed by atoms with Crippen LogP contribution in [0.25, 0.3) is 0 Å². The van der Waals surface area contributed by atoms with Gasteiger partial charge in [-0.05, 0) is 23.5 Å². The molecule has 0 aliphatic heterocycles. The quantitative estimate of drug-likeness (QED) is 0.670. The summed E-state index contributed by atoms with van der Waals surface area (Å²) in [5, 5.41) is 0. The van der Waals surface area contributed by atoms with E-state index in [1.807, 2.05) is 6.92 Å². The number of aryl methyl sites for hydroxylation is 1. The van der Waals surface area contributed by atoms with Crippen molar-refractivity contribution in [2.45, 2.75) is 39.5 Å². The molecule has 2 unspecified atom stereocenters. The fraction of sp³-hybridized carbons (Fsp3) is 0.500. The van der Waals surface area contributed by atoms with Crippen LogP contribution in [-0.2, 0) is 11.2 Å². The predicted molar refractivity (Wildman–Crippen MR) is 64.1 cm³/mol. The summed E-state index contributed by atoms with van der Waals surface area (Å²) in [5.74, 6) is 0.417. The number of carbonyl (C=O) groups is 1. The molecule has 0 saturated heterocycles. The Hall–Kier alpha value is -1.11. The van der Waals surface area contributed by atoms with E-state index in [2.05, 4.69) is 38.1 Å². The second-order valence-corrected chi connectivity index (χ2v) is 4.28. The highest BCUT2D eigenvalue weighted by molar-refractivity contribution is 5.55. The smallest absolute Gasteiger partial charge is 0.123 e. The average molecular weight is 204 g/mol. The van der Waals surface area contributed by atoms with E-state index >= 15 is 0 Å². The minimum Gasteiger partial charge on any atom is -0.303 e. The molecule has 1 aromatic carbocycles. The summed E-state index contributed by atoms with van der Waals surface area (Å²) in [5.41, 5.74) is 2.64. The normalized spacial score (nSPS) is 14.6. The van der Waals surface area contributed by atoms with Gasteiger partial charge in [0.2, 0.25) is 0 Å². The summed E-state index contributed by atoms with van der Waals surface area (Å²) >= 11 is 0. The maximum Gasteiger partial charge on any atom is 0.123 e. The lowest BCUT2D eigenvalue weighted by Gasteiger charge is -2.15. The third kappa shape index (κ3) is 3.19. The molecule has 0 aliphatic rings. The van der Waals surface area contributed by atoms with Gasteiger partial charge < -0.3 is 4.79 Å². The van der Waals surface area contributed by atoms with Crippen LogP contribution in [0.15, 0.2) is 24.3 Å². The van der Waals surface area contributed by atoms with Gasteiger partial charge in [0.05, 0.1) is 0 Å². The summed E-state index contributed by atoms with van der Waals surface area (Å²) in [6, 6.07) is 8.64. The Kier molecular flexibility index (Phi) is 4.54. The van der Waals surface area contributed by atoms with Crippen LogP contribution in [0.4, 0.5) is 0 Å². The Bertz CT molecular complexity index is 300. The molecular formula is C14H20O. The first-order chi connectivity index (χ1) is 7.19. The molecule has 0 aliphatic carbocycles. The number of hydrogen-bond acceptors (Lipinski definition) is 1. The molecule has 2 atom stereocenters. The van der Waals surface area contributed by atoms with Gasteiger partial charge in [0.15, 0.2) is 0 Å². The van der Waals surface area contributed by atoms with E-state index in [9.17, 15) is 4.79 Å². The van der Waals surface area contributed by atoms with Gasteiger partial charge in [0, 0.05) is 5.92 Å². The van der Waals surface area contributed by atoms with Gasteiger partial charge >= 0.3 is 0 Å². The zero-order valence-corrected chi connectivity index (χ0v) is 9.86. The van der Waals surface area contributed by atoms with Gasteiger partial charge in [0.25, 0.3) is 0 Å². The van der Waals surface area contributed by atoms with Crippen LogP contribution in [0.3, 0.4) is 0 Å². The molecule has 0 N–H and O–H groups in total. The third-order valence-electron chi connectivity index (χ3n) is 3.05. The highest BCUT2D eigenvalue weighted by atomic mass is 16.1. The van der Waals surface area contributed by atoms with Crippen LogP contribution in [0.5, 0.6) is 0 Å². The zero-order valence-electron chi connectivity index (χ0n) is 9.86. The molecule has 0 saturated carbocycles. The van der Waals surface area contributed by atoms with E-state index in [1.54, 1.807) is 0 Å². The lowest BCUT2D eigenvalue weighted by Crippen LogP contribution is -2.07. The van der Waals surface area contributed by atoms with Crippen molar-refractivity contribution in [2.75, 3.05) is 0 Å². The largest absolute Gasteiger partial charge is 0.303 e. The Morgan fingerprint density at radius 1 is 1.20 bits per heavy atom. The molecule has 1 nitrogen and oxygen atoms in total. The van der Waals surface area contributed by atoms with Crippen LogP contribution >= 0.6 is 0 Å². The molecule has 15 heavy (non-hydrogen) atoms. The summed E-state index contributed by atoms with van der Waals surface area (Å²) in [6.45, 7) is 6.26. The van der Waals surface area contributed by atoms with Crippen molar-refractivity contribution in [3.05, 3.63) is 35.4 Å². The summed E-state index contributed by atoms with van der Waals surface area (Å²) in [6.07, 6.45) is 3.35. The molecule has 0 spiro atoms.